The fourth-order valence-corrected chi connectivity index (χ4v) is 2.17. The summed E-state index contributed by atoms with van der Waals surface area (Å²) in [6.07, 6.45) is -2.26. The van der Waals surface area contributed by atoms with E-state index in [0.717, 1.165) is 12.1 Å². The third-order valence-electron chi connectivity index (χ3n) is 3.16. The summed E-state index contributed by atoms with van der Waals surface area (Å²) in [5.41, 5.74) is 0.738. The third-order valence-corrected chi connectivity index (χ3v) is 3.16. The van der Waals surface area contributed by atoms with Gasteiger partial charge in [-0.3, -0.25) is 9.48 Å². The van der Waals surface area contributed by atoms with Crippen molar-refractivity contribution in [3.63, 3.8) is 0 Å². The molecule has 112 valence electrons. The molecule has 0 fully saturated rings. The summed E-state index contributed by atoms with van der Waals surface area (Å²) in [4.78, 5) is 12.2. The number of Topliss-reactive ketones (excluding diaryl/α,β-unsaturated/α-hetero) is 1. The smallest absolute Gasteiger partial charge is 0.294 e. The number of hydrogen-bond acceptors (Lipinski definition) is 2. The molecule has 0 bridgehead atoms. The summed E-state index contributed by atoms with van der Waals surface area (Å²) in [5, 5.41) is 4.16. The van der Waals surface area contributed by atoms with E-state index >= 15 is 0 Å². The molecule has 0 aliphatic heterocycles. The average Bonchev–Trinajstić information content (AvgIpc) is 2.79. The first kappa shape index (κ1) is 15.3. The number of nitrogens with zero attached hydrogens (tertiary/aromatic N) is 2. The molecular formula is C15H15F3N2O. The minimum Gasteiger partial charge on any atom is -0.294 e. The lowest BCUT2D eigenvalue weighted by molar-refractivity contribution is -0.137. The Bertz CT molecular complexity index is 659. The molecule has 0 spiro atoms. The van der Waals surface area contributed by atoms with E-state index < -0.39 is 11.7 Å². The van der Waals surface area contributed by atoms with E-state index in [2.05, 4.69) is 5.10 Å². The van der Waals surface area contributed by atoms with E-state index in [1.807, 2.05) is 6.92 Å². The van der Waals surface area contributed by atoms with Crippen LogP contribution in [0.25, 0.3) is 0 Å². The van der Waals surface area contributed by atoms with Crippen LogP contribution in [0.3, 0.4) is 0 Å². The van der Waals surface area contributed by atoms with Crippen LogP contribution < -0.4 is 0 Å². The van der Waals surface area contributed by atoms with Crippen LogP contribution in [0.15, 0.2) is 30.5 Å². The van der Waals surface area contributed by atoms with Crippen LogP contribution in [0, 0.1) is 0 Å². The summed E-state index contributed by atoms with van der Waals surface area (Å²) in [6, 6.07) is 4.85. The van der Waals surface area contributed by atoms with Gasteiger partial charge in [0.25, 0.3) is 0 Å². The van der Waals surface area contributed by atoms with Gasteiger partial charge < -0.3 is 0 Å². The van der Waals surface area contributed by atoms with Gasteiger partial charge in [0.2, 0.25) is 0 Å². The molecule has 6 heteroatoms. The fourth-order valence-electron chi connectivity index (χ4n) is 2.17. The van der Waals surface area contributed by atoms with Crippen molar-refractivity contribution >= 4 is 5.78 Å². The van der Waals surface area contributed by atoms with Crippen molar-refractivity contribution in [2.45, 2.75) is 25.9 Å². The van der Waals surface area contributed by atoms with E-state index in [0.29, 0.717) is 23.2 Å². The number of benzene rings is 1. The molecule has 0 aliphatic carbocycles. The lowest BCUT2D eigenvalue weighted by Crippen LogP contribution is -2.08. The molecule has 21 heavy (non-hydrogen) atoms. The highest BCUT2D eigenvalue weighted by molar-refractivity contribution is 5.98. The lowest BCUT2D eigenvalue weighted by atomic mass is 10.0. The molecule has 2 aromatic rings. The number of aryl methyl sites for hydroxylation is 2. The Labute approximate surface area is 120 Å². The van der Waals surface area contributed by atoms with Crippen molar-refractivity contribution in [3.05, 3.63) is 52.8 Å². The van der Waals surface area contributed by atoms with Crippen LogP contribution in [-0.2, 0) is 26.1 Å². The van der Waals surface area contributed by atoms with Crippen LogP contribution in [0.5, 0.6) is 0 Å². The van der Waals surface area contributed by atoms with Gasteiger partial charge in [-0.15, -0.1) is 0 Å². The Morgan fingerprint density at radius 2 is 2.05 bits per heavy atom. The highest BCUT2D eigenvalue weighted by Crippen LogP contribution is 2.29. The number of carbonyl (C=O) groups excluding carboxylic acids is 1. The van der Waals surface area contributed by atoms with Gasteiger partial charge in [0.05, 0.1) is 16.8 Å². The summed E-state index contributed by atoms with van der Waals surface area (Å²) < 4.78 is 39.5. The number of carbonyl (C=O) groups is 1. The summed E-state index contributed by atoms with van der Waals surface area (Å²) in [6.45, 7) is 1.88. The average molecular weight is 296 g/mol. The van der Waals surface area contributed by atoms with Crippen molar-refractivity contribution < 1.29 is 18.0 Å². The molecule has 0 aliphatic rings. The van der Waals surface area contributed by atoms with E-state index in [4.69, 9.17) is 0 Å². The number of ketones is 1. The Morgan fingerprint density at radius 3 is 2.67 bits per heavy atom. The lowest BCUT2D eigenvalue weighted by Gasteiger charge is -2.08. The van der Waals surface area contributed by atoms with Crippen LogP contribution >= 0.6 is 0 Å². The molecule has 0 saturated carbocycles. The number of rotatable bonds is 4. The maximum Gasteiger partial charge on any atom is 0.416 e. The maximum atomic E-state index is 12.7. The normalized spacial score (nSPS) is 11.7. The molecule has 0 radical (unpaired) electrons. The van der Waals surface area contributed by atoms with Gasteiger partial charge in [-0.25, -0.2) is 0 Å². The van der Waals surface area contributed by atoms with Gasteiger partial charge in [0.15, 0.2) is 5.78 Å². The molecule has 1 aromatic carbocycles. The second-order valence-corrected chi connectivity index (χ2v) is 4.81. The van der Waals surface area contributed by atoms with Crippen molar-refractivity contribution in [3.8, 4) is 0 Å². The third kappa shape index (κ3) is 3.51. The Hall–Kier alpha value is -2.11. The monoisotopic (exact) mass is 296 g/mol. The van der Waals surface area contributed by atoms with Gasteiger partial charge in [0.1, 0.15) is 0 Å². The maximum absolute atomic E-state index is 12.7. The molecule has 2 rings (SSSR count). The molecule has 3 nitrogen and oxygen atoms in total. The predicted octanol–water partition coefficient (Wildman–Crippen LogP) is 3.43. The Balaban J connectivity index is 2.24. The minimum atomic E-state index is -4.40. The number of alkyl halides is 3. The van der Waals surface area contributed by atoms with Gasteiger partial charge in [-0.2, -0.15) is 18.3 Å². The largest absolute Gasteiger partial charge is 0.416 e. The zero-order valence-electron chi connectivity index (χ0n) is 11.7. The van der Waals surface area contributed by atoms with Crippen molar-refractivity contribution in [2.75, 3.05) is 0 Å². The molecule has 1 aromatic heterocycles. The van der Waals surface area contributed by atoms with E-state index in [-0.39, 0.29) is 12.2 Å². The fraction of sp³-hybridized carbons (Fsp3) is 0.333. The number of hydrogen-bond donors (Lipinski definition) is 0. The SMILES string of the molecule is CCc1nn(C)cc1C(=O)Cc1cccc(C(F)(F)F)c1. The highest BCUT2D eigenvalue weighted by Gasteiger charge is 2.30. The highest BCUT2D eigenvalue weighted by atomic mass is 19.4. The van der Waals surface area contributed by atoms with Gasteiger partial charge in [0, 0.05) is 19.7 Å². The first-order chi connectivity index (χ1) is 9.81. The Kier molecular flexibility index (Phi) is 4.16. The molecule has 0 atom stereocenters. The molecule has 0 saturated heterocycles. The zero-order valence-corrected chi connectivity index (χ0v) is 11.7. The zero-order chi connectivity index (χ0) is 15.6. The molecular weight excluding hydrogens is 281 g/mol. The van der Waals surface area contributed by atoms with Gasteiger partial charge >= 0.3 is 6.18 Å². The topological polar surface area (TPSA) is 34.9 Å². The van der Waals surface area contributed by atoms with E-state index in [1.165, 1.54) is 16.8 Å². The van der Waals surface area contributed by atoms with E-state index in [1.54, 1.807) is 13.2 Å². The summed E-state index contributed by atoms with van der Waals surface area (Å²) in [7, 11) is 1.71. The minimum absolute atomic E-state index is 0.0669. The predicted molar refractivity (Wildman–Crippen MR) is 72.1 cm³/mol. The molecule has 0 N–H and O–H groups in total. The molecule has 1 heterocycles. The van der Waals surface area contributed by atoms with Crippen molar-refractivity contribution in [1.29, 1.82) is 0 Å². The van der Waals surface area contributed by atoms with Crippen molar-refractivity contribution in [1.82, 2.24) is 9.78 Å². The standard InChI is InChI=1S/C15H15F3N2O/c1-3-13-12(9-20(2)19-13)14(21)8-10-5-4-6-11(7-10)15(16,17)18/h4-7,9H,3,8H2,1-2H3. The summed E-state index contributed by atoms with van der Waals surface area (Å²) >= 11 is 0. The molecule has 0 unspecified atom stereocenters. The van der Waals surface area contributed by atoms with Crippen LogP contribution in [0.2, 0.25) is 0 Å². The first-order valence-corrected chi connectivity index (χ1v) is 6.53. The Morgan fingerprint density at radius 1 is 1.33 bits per heavy atom. The summed E-state index contributed by atoms with van der Waals surface area (Å²) in [5.74, 6) is -0.223. The van der Waals surface area contributed by atoms with Crippen LogP contribution in [-0.4, -0.2) is 15.6 Å². The molecule has 0 amide bonds. The van der Waals surface area contributed by atoms with Gasteiger partial charge in [-0.1, -0.05) is 25.1 Å². The number of aromatic nitrogens is 2. The van der Waals surface area contributed by atoms with Gasteiger partial charge in [-0.05, 0) is 18.1 Å². The van der Waals surface area contributed by atoms with Crippen LogP contribution in [0.4, 0.5) is 13.2 Å². The first-order valence-electron chi connectivity index (χ1n) is 6.53. The number of halogens is 3. The second-order valence-electron chi connectivity index (χ2n) is 4.81. The van der Waals surface area contributed by atoms with Crippen LogP contribution in [0.1, 0.15) is 34.1 Å². The van der Waals surface area contributed by atoms with Crippen molar-refractivity contribution in [2.24, 2.45) is 7.05 Å². The van der Waals surface area contributed by atoms with E-state index in [9.17, 15) is 18.0 Å². The quantitative estimate of drug-likeness (QED) is 0.810. The second kappa shape index (κ2) is 5.71.